The van der Waals surface area contributed by atoms with E-state index >= 15 is 0 Å². The van der Waals surface area contributed by atoms with Gasteiger partial charge >= 0.3 is 0 Å². The molecule has 1 aliphatic carbocycles. The molecule has 0 aliphatic heterocycles. The molecule has 2 aromatic heterocycles. The van der Waals surface area contributed by atoms with Crippen LogP contribution in [0.15, 0.2) is 6.20 Å². The highest BCUT2D eigenvalue weighted by molar-refractivity contribution is 5.86. The van der Waals surface area contributed by atoms with Crippen LogP contribution >= 0.6 is 0 Å². The van der Waals surface area contributed by atoms with Gasteiger partial charge in [0.05, 0.1) is 11.6 Å². The molecular formula is C14H22N6O. The molecule has 1 fully saturated rings. The molecule has 21 heavy (non-hydrogen) atoms. The maximum atomic E-state index is 9.14. The van der Waals surface area contributed by atoms with E-state index in [0.29, 0.717) is 5.95 Å². The molecule has 0 saturated heterocycles. The number of aliphatic hydroxyl groups is 1. The van der Waals surface area contributed by atoms with E-state index in [0.717, 1.165) is 42.8 Å². The van der Waals surface area contributed by atoms with Gasteiger partial charge in [-0.2, -0.15) is 15.1 Å². The van der Waals surface area contributed by atoms with Crippen molar-refractivity contribution < 1.29 is 5.11 Å². The summed E-state index contributed by atoms with van der Waals surface area (Å²) in [6, 6.07) is 0. The summed E-state index contributed by atoms with van der Waals surface area (Å²) < 4.78 is 0. The molecule has 0 amide bonds. The van der Waals surface area contributed by atoms with Crippen LogP contribution in [0.2, 0.25) is 0 Å². The SMILES string of the molecule is CCCNc1nc(NCC2(CCO)CC2)c2cn[nH]c2n1. The van der Waals surface area contributed by atoms with Crippen molar-refractivity contribution >= 4 is 22.8 Å². The van der Waals surface area contributed by atoms with E-state index in [1.54, 1.807) is 6.20 Å². The van der Waals surface area contributed by atoms with Gasteiger partial charge in [-0.3, -0.25) is 5.10 Å². The predicted octanol–water partition coefficient (Wildman–Crippen LogP) is 1.75. The second kappa shape index (κ2) is 5.85. The highest BCUT2D eigenvalue weighted by atomic mass is 16.3. The normalized spacial score (nSPS) is 16.1. The van der Waals surface area contributed by atoms with Crippen molar-refractivity contribution in [2.24, 2.45) is 5.41 Å². The summed E-state index contributed by atoms with van der Waals surface area (Å²) in [5.74, 6) is 1.42. The number of aromatic nitrogens is 4. The van der Waals surface area contributed by atoms with Crippen LogP contribution in [-0.4, -0.2) is 45.0 Å². The molecule has 114 valence electrons. The number of fused-ring (bicyclic) bond motifs is 1. The summed E-state index contributed by atoms with van der Waals surface area (Å²) in [6.07, 6.45) is 5.95. The van der Waals surface area contributed by atoms with E-state index in [1.807, 2.05) is 0 Å². The largest absolute Gasteiger partial charge is 0.396 e. The molecule has 0 bridgehead atoms. The molecule has 0 aromatic carbocycles. The third-order valence-electron chi connectivity index (χ3n) is 4.07. The van der Waals surface area contributed by atoms with Crippen LogP contribution in [0.4, 0.5) is 11.8 Å². The molecule has 0 unspecified atom stereocenters. The molecule has 2 heterocycles. The fourth-order valence-electron chi connectivity index (χ4n) is 2.49. The first-order valence-electron chi connectivity index (χ1n) is 7.56. The predicted molar refractivity (Wildman–Crippen MR) is 82.3 cm³/mol. The lowest BCUT2D eigenvalue weighted by atomic mass is 10.0. The molecule has 0 radical (unpaired) electrons. The third kappa shape index (κ3) is 3.07. The molecule has 7 nitrogen and oxygen atoms in total. The highest BCUT2D eigenvalue weighted by Crippen LogP contribution is 2.48. The first-order chi connectivity index (χ1) is 10.3. The van der Waals surface area contributed by atoms with Crippen molar-refractivity contribution in [3.8, 4) is 0 Å². The zero-order chi connectivity index (χ0) is 14.7. The number of anilines is 2. The molecule has 1 saturated carbocycles. The first kappa shape index (κ1) is 14.1. The summed E-state index contributed by atoms with van der Waals surface area (Å²) in [5.41, 5.74) is 0.977. The molecule has 0 atom stereocenters. The molecule has 7 heteroatoms. The Kier molecular flexibility index (Phi) is 3.92. The number of hydrogen-bond donors (Lipinski definition) is 4. The Labute approximate surface area is 123 Å². The van der Waals surface area contributed by atoms with Gasteiger partial charge in [0.1, 0.15) is 5.82 Å². The highest BCUT2D eigenvalue weighted by Gasteiger charge is 2.41. The minimum Gasteiger partial charge on any atom is -0.396 e. The van der Waals surface area contributed by atoms with Gasteiger partial charge in [-0.05, 0) is 31.1 Å². The lowest BCUT2D eigenvalue weighted by Crippen LogP contribution is -2.18. The molecule has 3 rings (SSSR count). The van der Waals surface area contributed by atoms with Crippen molar-refractivity contribution in [1.29, 1.82) is 0 Å². The fourth-order valence-corrected chi connectivity index (χ4v) is 2.49. The van der Waals surface area contributed by atoms with E-state index in [2.05, 4.69) is 37.7 Å². The fraction of sp³-hybridized carbons (Fsp3) is 0.643. The number of H-pyrrole nitrogens is 1. The van der Waals surface area contributed by atoms with Gasteiger partial charge in [0.2, 0.25) is 5.95 Å². The third-order valence-corrected chi connectivity index (χ3v) is 4.07. The second-order valence-corrected chi connectivity index (χ2v) is 5.78. The first-order valence-corrected chi connectivity index (χ1v) is 7.56. The average Bonchev–Trinajstić information content (AvgIpc) is 3.09. The topological polar surface area (TPSA) is 98.8 Å². The van der Waals surface area contributed by atoms with E-state index in [9.17, 15) is 0 Å². The van der Waals surface area contributed by atoms with Gasteiger partial charge < -0.3 is 15.7 Å². The second-order valence-electron chi connectivity index (χ2n) is 5.78. The monoisotopic (exact) mass is 290 g/mol. The Morgan fingerprint density at radius 1 is 1.33 bits per heavy atom. The summed E-state index contributed by atoms with van der Waals surface area (Å²) in [5, 5.41) is 23.6. The molecule has 1 aliphatic rings. The molecule has 2 aromatic rings. The van der Waals surface area contributed by atoms with E-state index in [-0.39, 0.29) is 12.0 Å². The van der Waals surface area contributed by atoms with E-state index in [4.69, 9.17) is 5.11 Å². The number of hydrogen-bond acceptors (Lipinski definition) is 6. The van der Waals surface area contributed by atoms with Crippen LogP contribution < -0.4 is 10.6 Å². The van der Waals surface area contributed by atoms with Crippen molar-refractivity contribution in [2.75, 3.05) is 30.3 Å². The summed E-state index contributed by atoms with van der Waals surface area (Å²) in [7, 11) is 0. The lowest BCUT2D eigenvalue weighted by molar-refractivity contribution is 0.253. The van der Waals surface area contributed by atoms with Crippen molar-refractivity contribution in [1.82, 2.24) is 20.2 Å². The quantitative estimate of drug-likeness (QED) is 0.591. The minimum absolute atomic E-state index is 0.243. The van der Waals surface area contributed by atoms with E-state index < -0.39 is 0 Å². The lowest BCUT2D eigenvalue weighted by Gasteiger charge is -2.16. The Morgan fingerprint density at radius 2 is 2.19 bits per heavy atom. The van der Waals surface area contributed by atoms with Crippen LogP contribution in [0, 0.1) is 5.41 Å². The maximum Gasteiger partial charge on any atom is 0.226 e. The molecule has 4 N–H and O–H groups in total. The van der Waals surface area contributed by atoms with Crippen LogP contribution in [-0.2, 0) is 0 Å². The number of nitrogens with zero attached hydrogens (tertiary/aromatic N) is 3. The van der Waals surface area contributed by atoms with Gasteiger partial charge in [-0.1, -0.05) is 6.92 Å². The van der Waals surface area contributed by atoms with Gasteiger partial charge in [0, 0.05) is 19.7 Å². The Morgan fingerprint density at radius 3 is 2.90 bits per heavy atom. The van der Waals surface area contributed by atoms with E-state index in [1.165, 1.54) is 12.8 Å². The summed E-state index contributed by atoms with van der Waals surface area (Å²) in [6.45, 7) is 4.02. The van der Waals surface area contributed by atoms with Gasteiger partial charge in [0.25, 0.3) is 0 Å². The molecular weight excluding hydrogens is 268 g/mol. The number of aromatic amines is 1. The Hall–Kier alpha value is -1.89. The smallest absolute Gasteiger partial charge is 0.226 e. The zero-order valence-electron chi connectivity index (χ0n) is 12.3. The van der Waals surface area contributed by atoms with Crippen molar-refractivity contribution in [3.05, 3.63) is 6.20 Å². The van der Waals surface area contributed by atoms with Crippen molar-refractivity contribution in [2.45, 2.75) is 32.6 Å². The average molecular weight is 290 g/mol. The van der Waals surface area contributed by atoms with Crippen molar-refractivity contribution in [3.63, 3.8) is 0 Å². The zero-order valence-corrected chi connectivity index (χ0v) is 12.3. The van der Waals surface area contributed by atoms with Gasteiger partial charge in [-0.25, -0.2) is 0 Å². The number of aliphatic hydroxyl groups excluding tert-OH is 1. The standard InChI is InChI=1S/C14H22N6O/c1-2-6-15-13-18-11(10-8-17-20-12(10)19-13)16-9-14(3-4-14)5-7-21/h8,21H,2-7,9H2,1H3,(H3,15,16,17,18,19,20). The Bertz CT molecular complexity index is 607. The minimum atomic E-state index is 0.243. The van der Waals surface area contributed by atoms with Crippen LogP contribution in [0.5, 0.6) is 0 Å². The van der Waals surface area contributed by atoms with Gasteiger partial charge in [-0.15, -0.1) is 0 Å². The number of rotatable bonds is 8. The van der Waals surface area contributed by atoms with Crippen LogP contribution in [0.3, 0.4) is 0 Å². The van der Waals surface area contributed by atoms with Crippen LogP contribution in [0.25, 0.3) is 11.0 Å². The maximum absolute atomic E-state index is 9.14. The summed E-state index contributed by atoms with van der Waals surface area (Å²) in [4.78, 5) is 8.96. The van der Waals surface area contributed by atoms with Crippen LogP contribution in [0.1, 0.15) is 32.6 Å². The Balaban J connectivity index is 1.77. The molecule has 0 spiro atoms. The number of nitrogens with one attached hydrogen (secondary N) is 3. The summed E-state index contributed by atoms with van der Waals surface area (Å²) >= 11 is 0. The van der Waals surface area contributed by atoms with Gasteiger partial charge in [0.15, 0.2) is 5.65 Å².